The average molecular weight is 433 g/mol. The maximum Gasteiger partial charge on any atom is 0.225 e. The van der Waals surface area contributed by atoms with Crippen molar-refractivity contribution in [2.24, 2.45) is 23.2 Å². The zero-order valence-electron chi connectivity index (χ0n) is 19.0. The van der Waals surface area contributed by atoms with Crippen LogP contribution in [-0.2, 0) is 16.0 Å². The van der Waals surface area contributed by atoms with Crippen molar-refractivity contribution in [3.05, 3.63) is 53.7 Å². The summed E-state index contributed by atoms with van der Waals surface area (Å²) in [5, 5.41) is 2.89. The van der Waals surface area contributed by atoms with Crippen LogP contribution in [0.25, 0.3) is 0 Å². The predicted octanol–water partition coefficient (Wildman–Crippen LogP) is 5.16. The van der Waals surface area contributed by atoms with E-state index in [0.29, 0.717) is 53.9 Å². The molecule has 1 heterocycles. The highest BCUT2D eigenvalue weighted by atomic mass is 16.5. The van der Waals surface area contributed by atoms with Crippen molar-refractivity contribution in [1.29, 1.82) is 0 Å². The van der Waals surface area contributed by atoms with Gasteiger partial charge in [-0.1, -0.05) is 31.2 Å². The molecule has 1 amide bonds. The first-order valence-corrected chi connectivity index (χ1v) is 11.9. The molecule has 168 valence electrons. The van der Waals surface area contributed by atoms with Gasteiger partial charge in [-0.15, -0.1) is 0 Å². The number of nitrogens with zero attached hydrogens (tertiary/aromatic N) is 1. The molecule has 2 saturated carbocycles. The number of carbonyl (C=O) groups is 2. The SMILES string of the molecule is COc1ccc(NC(=O)CC[C@@H]2CC(=O)[C@@]3(C)CCC4c5ccccc5CCC4C23)nc1. The number of ether oxygens (including phenoxy) is 1. The van der Waals surface area contributed by atoms with Crippen molar-refractivity contribution in [3.63, 3.8) is 0 Å². The highest BCUT2D eigenvalue weighted by Gasteiger charge is 2.58. The van der Waals surface area contributed by atoms with E-state index in [4.69, 9.17) is 4.74 Å². The zero-order chi connectivity index (χ0) is 22.3. The molecule has 0 saturated heterocycles. The van der Waals surface area contributed by atoms with Crippen LogP contribution in [0.3, 0.4) is 0 Å². The summed E-state index contributed by atoms with van der Waals surface area (Å²) in [6, 6.07) is 12.4. The summed E-state index contributed by atoms with van der Waals surface area (Å²) < 4.78 is 5.12. The molecule has 5 nitrogen and oxygen atoms in total. The van der Waals surface area contributed by atoms with Crippen LogP contribution >= 0.6 is 0 Å². The number of benzene rings is 1. The molecule has 3 unspecified atom stereocenters. The molecular weight excluding hydrogens is 400 g/mol. The second kappa shape index (κ2) is 8.34. The number of hydrogen-bond acceptors (Lipinski definition) is 4. The summed E-state index contributed by atoms with van der Waals surface area (Å²) in [7, 11) is 1.59. The van der Waals surface area contributed by atoms with Gasteiger partial charge < -0.3 is 10.1 Å². The number of amides is 1. The van der Waals surface area contributed by atoms with E-state index in [1.807, 2.05) is 0 Å². The first-order chi connectivity index (χ1) is 15.5. The lowest BCUT2D eigenvalue weighted by molar-refractivity contribution is -0.129. The molecule has 5 heteroatoms. The summed E-state index contributed by atoms with van der Waals surface area (Å²) in [6.07, 6.45) is 7.76. The van der Waals surface area contributed by atoms with E-state index in [1.54, 1.807) is 25.4 Å². The maximum absolute atomic E-state index is 13.1. The standard InChI is InChI=1S/C27H32N2O3/c1-27-14-13-21-20-6-4-3-5-17(20)7-10-22(21)26(27)18(15-23(27)30)8-12-25(31)29-24-11-9-19(32-2)16-28-24/h3-6,9,11,16,18,21-22,26H,7-8,10,12-15H2,1-2H3,(H,28,29,31)/t18-,21?,22?,26?,27-/m1/s1. The van der Waals surface area contributed by atoms with Crippen molar-refractivity contribution in [2.75, 3.05) is 12.4 Å². The van der Waals surface area contributed by atoms with Gasteiger partial charge in [0.2, 0.25) is 5.91 Å². The molecule has 3 aliphatic carbocycles. The van der Waals surface area contributed by atoms with E-state index < -0.39 is 0 Å². The van der Waals surface area contributed by atoms with E-state index >= 15 is 0 Å². The lowest BCUT2D eigenvalue weighted by Crippen LogP contribution is -2.44. The molecule has 1 N–H and O–H groups in total. The van der Waals surface area contributed by atoms with E-state index in [1.165, 1.54) is 11.1 Å². The quantitative estimate of drug-likeness (QED) is 0.709. The second-order valence-corrected chi connectivity index (χ2v) is 10.0. The summed E-state index contributed by atoms with van der Waals surface area (Å²) in [4.78, 5) is 30.0. The largest absolute Gasteiger partial charge is 0.495 e. The Bertz CT molecular complexity index is 1020. The van der Waals surface area contributed by atoms with Crippen LogP contribution in [0, 0.1) is 23.2 Å². The summed E-state index contributed by atoms with van der Waals surface area (Å²) in [5.74, 6) is 3.36. The highest BCUT2D eigenvalue weighted by molar-refractivity contribution is 5.90. The number of carbonyl (C=O) groups excluding carboxylic acids is 2. The molecule has 1 aromatic carbocycles. The Morgan fingerprint density at radius 1 is 1.22 bits per heavy atom. The number of aryl methyl sites for hydroxylation is 1. The Morgan fingerprint density at radius 3 is 2.84 bits per heavy atom. The first-order valence-electron chi connectivity index (χ1n) is 11.9. The van der Waals surface area contributed by atoms with E-state index in [-0.39, 0.29) is 11.3 Å². The third-order valence-electron chi connectivity index (χ3n) is 8.46. The first kappa shape index (κ1) is 21.2. The number of rotatable bonds is 5. The molecule has 2 fully saturated rings. The molecule has 5 rings (SSSR count). The number of anilines is 1. The number of nitrogens with one attached hydrogen (secondary N) is 1. The number of aromatic nitrogens is 1. The van der Waals surface area contributed by atoms with Crippen LogP contribution in [0.1, 0.15) is 62.5 Å². The monoisotopic (exact) mass is 432 g/mol. The minimum Gasteiger partial charge on any atom is -0.495 e. The van der Waals surface area contributed by atoms with Gasteiger partial charge in [0, 0.05) is 18.3 Å². The molecule has 5 atom stereocenters. The van der Waals surface area contributed by atoms with Crippen molar-refractivity contribution in [3.8, 4) is 5.75 Å². The lowest BCUT2D eigenvalue weighted by atomic mass is 9.54. The average Bonchev–Trinajstić information content (AvgIpc) is 3.08. The van der Waals surface area contributed by atoms with Crippen LogP contribution < -0.4 is 10.1 Å². The predicted molar refractivity (Wildman–Crippen MR) is 124 cm³/mol. The van der Waals surface area contributed by atoms with Crippen molar-refractivity contribution < 1.29 is 14.3 Å². The van der Waals surface area contributed by atoms with E-state index in [9.17, 15) is 9.59 Å². The maximum atomic E-state index is 13.1. The van der Waals surface area contributed by atoms with E-state index in [2.05, 4.69) is 41.5 Å². The Kier molecular flexibility index (Phi) is 5.52. The van der Waals surface area contributed by atoms with Crippen LogP contribution in [0.2, 0.25) is 0 Å². The van der Waals surface area contributed by atoms with Gasteiger partial charge in [0.15, 0.2) is 0 Å². The number of hydrogen-bond donors (Lipinski definition) is 1. The fourth-order valence-corrected chi connectivity index (χ4v) is 6.94. The third-order valence-corrected chi connectivity index (χ3v) is 8.46. The Hall–Kier alpha value is -2.69. The summed E-state index contributed by atoms with van der Waals surface area (Å²) in [5.41, 5.74) is 2.78. The molecule has 2 aromatic rings. The molecule has 0 bridgehead atoms. The number of ketones is 1. The fraction of sp³-hybridized carbons (Fsp3) is 0.519. The van der Waals surface area contributed by atoms with Crippen LogP contribution in [-0.4, -0.2) is 23.8 Å². The van der Waals surface area contributed by atoms with Gasteiger partial charge in [0.25, 0.3) is 0 Å². The number of methoxy groups -OCH3 is 1. The molecule has 0 radical (unpaired) electrons. The van der Waals surface area contributed by atoms with Crippen molar-refractivity contribution in [2.45, 2.75) is 57.8 Å². The highest BCUT2D eigenvalue weighted by Crippen LogP contribution is 2.62. The summed E-state index contributed by atoms with van der Waals surface area (Å²) in [6.45, 7) is 2.21. The molecular formula is C27H32N2O3. The molecule has 32 heavy (non-hydrogen) atoms. The van der Waals surface area contributed by atoms with Crippen LogP contribution in [0.5, 0.6) is 5.75 Å². The minimum atomic E-state index is -0.216. The normalized spacial score (nSPS) is 30.8. The Labute approximate surface area is 190 Å². The van der Waals surface area contributed by atoms with Gasteiger partial charge in [-0.05, 0) is 79.0 Å². The zero-order valence-corrected chi connectivity index (χ0v) is 19.0. The van der Waals surface area contributed by atoms with Gasteiger partial charge in [0.1, 0.15) is 17.4 Å². The molecule has 0 spiro atoms. The molecule has 1 aromatic heterocycles. The van der Waals surface area contributed by atoms with Gasteiger partial charge in [0.05, 0.1) is 13.3 Å². The van der Waals surface area contributed by atoms with E-state index in [0.717, 1.165) is 32.1 Å². The Morgan fingerprint density at radius 2 is 2.06 bits per heavy atom. The summed E-state index contributed by atoms with van der Waals surface area (Å²) >= 11 is 0. The van der Waals surface area contributed by atoms with Gasteiger partial charge >= 0.3 is 0 Å². The van der Waals surface area contributed by atoms with Gasteiger partial charge in [-0.25, -0.2) is 4.98 Å². The molecule has 3 aliphatic rings. The molecule has 0 aliphatic heterocycles. The lowest BCUT2D eigenvalue weighted by Gasteiger charge is -2.50. The van der Waals surface area contributed by atoms with Gasteiger partial charge in [-0.2, -0.15) is 0 Å². The van der Waals surface area contributed by atoms with Crippen molar-refractivity contribution >= 4 is 17.5 Å². The minimum absolute atomic E-state index is 0.0370. The van der Waals surface area contributed by atoms with Crippen LogP contribution in [0.4, 0.5) is 5.82 Å². The fourth-order valence-electron chi connectivity index (χ4n) is 6.94. The number of Topliss-reactive ketones (excluding diaryl/α,β-unsaturated/α-hetero) is 1. The second-order valence-electron chi connectivity index (χ2n) is 10.0. The Balaban J connectivity index is 1.29. The number of fused-ring (bicyclic) bond motifs is 5. The van der Waals surface area contributed by atoms with Crippen molar-refractivity contribution in [1.82, 2.24) is 4.98 Å². The smallest absolute Gasteiger partial charge is 0.225 e. The number of pyridine rings is 1. The third kappa shape index (κ3) is 3.62. The van der Waals surface area contributed by atoms with Gasteiger partial charge in [-0.3, -0.25) is 9.59 Å². The topological polar surface area (TPSA) is 68.3 Å². The van der Waals surface area contributed by atoms with Crippen LogP contribution in [0.15, 0.2) is 42.6 Å².